The number of hydrogen-bond acceptors (Lipinski definition) is 6. The summed E-state index contributed by atoms with van der Waals surface area (Å²) in [5.74, 6) is 0. The van der Waals surface area contributed by atoms with Crippen LogP contribution in [0.25, 0.3) is 0 Å². The first-order valence-electron chi connectivity index (χ1n) is 12.4. The molecule has 2 N–H and O–H groups in total. The van der Waals surface area contributed by atoms with Gasteiger partial charge in [-0.3, -0.25) is 9.78 Å². The number of aromatic nitrogens is 2. The Labute approximate surface area is 191 Å². The van der Waals surface area contributed by atoms with Gasteiger partial charge < -0.3 is 23.9 Å². The van der Waals surface area contributed by atoms with E-state index in [0.717, 1.165) is 57.8 Å². The van der Waals surface area contributed by atoms with Gasteiger partial charge in [0, 0.05) is 26.0 Å². The van der Waals surface area contributed by atoms with Crippen molar-refractivity contribution < 1.29 is 18.9 Å². The van der Waals surface area contributed by atoms with Crippen molar-refractivity contribution in [3.63, 3.8) is 0 Å². The summed E-state index contributed by atoms with van der Waals surface area (Å²) in [5.41, 5.74) is -0.656. The molecule has 184 valence electrons. The van der Waals surface area contributed by atoms with E-state index in [1.807, 2.05) is 0 Å². The molecular weight excluding hydrogens is 412 g/mol. The zero-order valence-electron chi connectivity index (χ0n) is 20.0. The van der Waals surface area contributed by atoms with Gasteiger partial charge in [0.2, 0.25) is 0 Å². The highest BCUT2D eigenvalue weighted by atomic mass is 16.6. The van der Waals surface area contributed by atoms with E-state index in [4.69, 9.17) is 18.9 Å². The first kappa shape index (κ1) is 26.8. The summed E-state index contributed by atoms with van der Waals surface area (Å²) in [6, 6.07) is 0. The maximum atomic E-state index is 12.5. The summed E-state index contributed by atoms with van der Waals surface area (Å²) < 4.78 is 24.7. The van der Waals surface area contributed by atoms with Gasteiger partial charge in [0.1, 0.15) is 24.4 Å². The quantitative estimate of drug-likeness (QED) is 0.347. The highest BCUT2D eigenvalue weighted by Gasteiger charge is 2.47. The SMILES string of the molecule is CCCCCOC[C@H]1O[C@@H](c2c[nH]c(=O)[nH]c2=O)[C@H](OCCCCC)[C@@H]1OCCCCC. The number of H-pyrrole nitrogens is 2. The van der Waals surface area contributed by atoms with Crippen molar-refractivity contribution in [1.29, 1.82) is 0 Å². The average Bonchev–Trinajstić information content (AvgIpc) is 3.11. The van der Waals surface area contributed by atoms with Crippen LogP contribution in [0.1, 0.15) is 90.2 Å². The lowest BCUT2D eigenvalue weighted by molar-refractivity contribution is -0.0798. The average molecular weight is 455 g/mol. The van der Waals surface area contributed by atoms with Crippen LogP contribution in [0, 0.1) is 0 Å². The first-order chi connectivity index (χ1) is 15.6. The van der Waals surface area contributed by atoms with E-state index in [2.05, 4.69) is 30.7 Å². The Morgan fingerprint density at radius 2 is 1.44 bits per heavy atom. The molecule has 0 aliphatic carbocycles. The van der Waals surface area contributed by atoms with Gasteiger partial charge in [-0.1, -0.05) is 59.3 Å². The van der Waals surface area contributed by atoms with E-state index >= 15 is 0 Å². The summed E-state index contributed by atoms with van der Waals surface area (Å²) in [5, 5.41) is 0. The summed E-state index contributed by atoms with van der Waals surface area (Å²) in [6.07, 6.45) is 9.21. The zero-order chi connectivity index (χ0) is 23.2. The second-order valence-corrected chi connectivity index (χ2v) is 8.49. The zero-order valence-corrected chi connectivity index (χ0v) is 20.0. The number of nitrogens with one attached hydrogen (secondary N) is 2. The van der Waals surface area contributed by atoms with E-state index in [1.165, 1.54) is 6.20 Å². The minimum absolute atomic E-state index is 0.337. The van der Waals surface area contributed by atoms with E-state index in [9.17, 15) is 9.59 Å². The molecule has 2 rings (SSSR count). The molecule has 1 aliphatic rings. The second kappa shape index (κ2) is 15.4. The largest absolute Gasteiger partial charge is 0.379 e. The Morgan fingerprint density at radius 3 is 2.03 bits per heavy atom. The fraction of sp³-hybridized carbons (Fsp3) is 0.833. The number of unbranched alkanes of at least 4 members (excludes halogenated alkanes) is 6. The molecule has 2 heterocycles. The van der Waals surface area contributed by atoms with Crippen molar-refractivity contribution in [3.8, 4) is 0 Å². The van der Waals surface area contributed by atoms with Gasteiger partial charge in [0.25, 0.3) is 5.56 Å². The maximum Gasteiger partial charge on any atom is 0.325 e. The van der Waals surface area contributed by atoms with Crippen molar-refractivity contribution in [2.75, 3.05) is 26.4 Å². The highest BCUT2D eigenvalue weighted by molar-refractivity contribution is 5.14. The topological polar surface area (TPSA) is 103 Å². The van der Waals surface area contributed by atoms with Crippen molar-refractivity contribution in [3.05, 3.63) is 32.6 Å². The maximum absolute atomic E-state index is 12.5. The second-order valence-electron chi connectivity index (χ2n) is 8.49. The highest BCUT2D eigenvalue weighted by Crippen LogP contribution is 2.36. The Kier molecular flexibility index (Phi) is 12.9. The Balaban J connectivity index is 2.17. The molecule has 1 saturated heterocycles. The molecule has 0 radical (unpaired) electrons. The van der Waals surface area contributed by atoms with Gasteiger partial charge in [-0.25, -0.2) is 4.79 Å². The molecule has 0 spiro atoms. The van der Waals surface area contributed by atoms with Crippen LogP contribution in [0.4, 0.5) is 0 Å². The predicted octanol–water partition coefficient (Wildman–Crippen LogP) is 3.86. The summed E-state index contributed by atoms with van der Waals surface area (Å²) in [6.45, 7) is 8.69. The molecule has 0 bridgehead atoms. The molecule has 1 aromatic rings. The fourth-order valence-corrected chi connectivity index (χ4v) is 3.92. The predicted molar refractivity (Wildman–Crippen MR) is 124 cm³/mol. The third-order valence-electron chi connectivity index (χ3n) is 5.76. The van der Waals surface area contributed by atoms with E-state index in [-0.39, 0.29) is 12.2 Å². The smallest absolute Gasteiger partial charge is 0.325 e. The van der Waals surface area contributed by atoms with Crippen LogP contribution in [0.5, 0.6) is 0 Å². The van der Waals surface area contributed by atoms with Crippen LogP contribution in [-0.2, 0) is 18.9 Å². The van der Waals surface area contributed by atoms with Crippen molar-refractivity contribution in [2.45, 2.75) is 103 Å². The van der Waals surface area contributed by atoms with Gasteiger partial charge in [-0.05, 0) is 19.3 Å². The van der Waals surface area contributed by atoms with Crippen molar-refractivity contribution in [1.82, 2.24) is 9.97 Å². The summed E-state index contributed by atoms with van der Waals surface area (Å²) in [7, 11) is 0. The number of ether oxygens (including phenoxy) is 4. The van der Waals surface area contributed by atoms with Gasteiger partial charge in [-0.15, -0.1) is 0 Å². The lowest BCUT2D eigenvalue weighted by Gasteiger charge is -2.25. The molecular formula is C24H42N2O6. The van der Waals surface area contributed by atoms with Gasteiger partial charge in [0.05, 0.1) is 12.2 Å². The number of rotatable bonds is 17. The summed E-state index contributed by atoms with van der Waals surface area (Å²) in [4.78, 5) is 28.9. The van der Waals surface area contributed by atoms with Gasteiger partial charge in [0.15, 0.2) is 0 Å². The van der Waals surface area contributed by atoms with Crippen LogP contribution in [-0.4, -0.2) is 54.7 Å². The lowest BCUT2D eigenvalue weighted by Crippen LogP contribution is -2.39. The third-order valence-corrected chi connectivity index (χ3v) is 5.76. The lowest BCUT2D eigenvalue weighted by atomic mass is 10.0. The van der Waals surface area contributed by atoms with Gasteiger partial charge >= 0.3 is 5.69 Å². The van der Waals surface area contributed by atoms with E-state index < -0.39 is 23.5 Å². The molecule has 0 unspecified atom stereocenters. The minimum atomic E-state index is -0.627. The molecule has 0 saturated carbocycles. The molecule has 0 amide bonds. The fourth-order valence-electron chi connectivity index (χ4n) is 3.92. The van der Waals surface area contributed by atoms with Crippen LogP contribution < -0.4 is 11.2 Å². The normalized spacial score (nSPS) is 23.1. The first-order valence-corrected chi connectivity index (χ1v) is 12.4. The molecule has 32 heavy (non-hydrogen) atoms. The molecule has 4 atom stereocenters. The molecule has 0 aromatic carbocycles. The number of aromatic amines is 2. The van der Waals surface area contributed by atoms with Gasteiger partial charge in [-0.2, -0.15) is 0 Å². The molecule has 8 heteroatoms. The van der Waals surface area contributed by atoms with E-state index in [1.54, 1.807) is 0 Å². The molecule has 1 aromatic heterocycles. The van der Waals surface area contributed by atoms with Crippen LogP contribution in [0.3, 0.4) is 0 Å². The monoisotopic (exact) mass is 454 g/mol. The van der Waals surface area contributed by atoms with Crippen LogP contribution >= 0.6 is 0 Å². The van der Waals surface area contributed by atoms with Crippen molar-refractivity contribution in [2.24, 2.45) is 0 Å². The van der Waals surface area contributed by atoms with Crippen molar-refractivity contribution >= 4 is 0 Å². The van der Waals surface area contributed by atoms with Crippen LogP contribution in [0.2, 0.25) is 0 Å². The Morgan fingerprint density at radius 1 is 0.844 bits per heavy atom. The van der Waals surface area contributed by atoms with E-state index in [0.29, 0.717) is 32.0 Å². The van der Waals surface area contributed by atoms with Crippen LogP contribution in [0.15, 0.2) is 15.8 Å². The Bertz CT molecular complexity index is 734. The number of hydrogen-bond donors (Lipinski definition) is 2. The molecule has 1 fully saturated rings. The summed E-state index contributed by atoms with van der Waals surface area (Å²) >= 11 is 0. The minimum Gasteiger partial charge on any atom is -0.379 e. The molecule has 8 nitrogen and oxygen atoms in total. The Hall–Kier alpha value is -1.48. The standard InChI is InChI=1S/C24H42N2O6/c1-4-7-10-13-29-17-19-21(30-14-11-8-5-2)22(31-15-12-9-6-3)20(32-19)18-16-25-24(28)26-23(18)27/h16,19-22H,4-15,17H2,1-3H3,(H2,25,26,27,28)/t19-,20+,21-,22+/m1/s1. The third kappa shape index (κ3) is 8.46. The molecule has 1 aliphatic heterocycles.